The van der Waals surface area contributed by atoms with E-state index in [9.17, 15) is 22.4 Å². The highest BCUT2D eigenvalue weighted by atomic mass is 19.3. The third-order valence-electron chi connectivity index (χ3n) is 5.56. The summed E-state index contributed by atoms with van der Waals surface area (Å²) in [6.45, 7) is 3.41. The molecule has 0 aromatic carbocycles. The lowest BCUT2D eigenvalue weighted by molar-refractivity contribution is -0.127. The number of anilines is 2. The van der Waals surface area contributed by atoms with Gasteiger partial charge >= 0.3 is 0 Å². The van der Waals surface area contributed by atoms with Crippen LogP contribution in [-0.4, -0.2) is 65.6 Å². The van der Waals surface area contributed by atoms with Gasteiger partial charge < -0.3 is 20.9 Å². The van der Waals surface area contributed by atoms with E-state index >= 15 is 0 Å². The molecule has 0 unspecified atom stereocenters. The van der Waals surface area contributed by atoms with Crippen LogP contribution in [0.15, 0.2) is 18.3 Å². The summed E-state index contributed by atoms with van der Waals surface area (Å²) >= 11 is 0. The first kappa shape index (κ1) is 24.2. The Kier molecular flexibility index (Phi) is 6.45. The molecule has 0 radical (unpaired) electrons. The standard InChI is InChI=1S/C15H13F3N8.C6H10FNO/c1-6-21-9-3-2-8(22-14(9)25(6)5-10(17)18)11-7(16)4-26-12(11)13(19)23-15(20)24-26;1-5(9)8-3-2-6(7)4-8/h2-4,10H,5H2,1H3,(H4,19,20,23,24);6H,2-4H2,1H3/t;6-/m.1/s1. The summed E-state index contributed by atoms with van der Waals surface area (Å²) in [5, 5.41) is 3.89. The Hall–Kier alpha value is -3.97. The first-order valence-electron chi connectivity index (χ1n) is 10.7. The van der Waals surface area contributed by atoms with Crippen molar-refractivity contribution in [3.8, 4) is 11.3 Å². The summed E-state index contributed by atoms with van der Waals surface area (Å²) in [6, 6.07) is 3.12. The summed E-state index contributed by atoms with van der Waals surface area (Å²) in [6.07, 6.45) is -1.74. The number of hydrogen-bond acceptors (Lipinski definition) is 7. The third kappa shape index (κ3) is 4.81. The van der Waals surface area contributed by atoms with E-state index in [4.69, 9.17) is 11.5 Å². The van der Waals surface area contributed by atoms with E-state index in [2.05, 4.69) is 20.1 Å². The number of pyridine rings is 1. The average molecular weight is 493 g/mol. The SMILES string of the molecule is CC(=O)N1CC[C@@H](F)C1.Cc1nc2ccc(-c3c(F)cn4nc(N)nc(N)c34)nc2n1CC(F)F. The summed E-state index contributed by atoms with van der Waals surface area (Å²) in [4.78, 5) is 24.5. The first-order chi connectivity index (χ1) is 16.5. The summed E-state index contributed by atoms with van der Waals surface area (Å²) in [5.74, 6) is -0.390. The molecule has 1 aliphatic rings. The smallest absolute Gasteiger partial charge is 0.256 e. The van der Waals surface area contributed by atoms with Crippen LogP contribution in [0.4, 0.5) is 29.3 Å². The van der Waals surface area contributed by atoms with Crippen LogP contribution in [0.2, 0.25) is 0 Å². The van der Waals surface area contributed by atoms with Gasteiger partial charge in [0, 0.05) is 13.5 Å². The maximum atomic E-state index is 14.6. The second kappa shape index (κ2) is 9.35. The number of aromatic nitrogens is 6. The predicted molar refractivity (Wildman–Crippen MR) is 121 cm³/mol. The number of fused-ring (bicyclic) bond motifs is 2. The molecule has 1 fully saturated rings. The molecular formula is C21H23F4N9O. The summed E-state index contributed by atoms with van der Waals surface area (Å²) < 4.78 is 55.1. The molecule has 4 aromatic heterocycles. The van der Waals surface area contributed by atoms with E-state index < -0.39 is 25.0 Å². The molecule has 1 saturated heterocycles. The molecule has 5 heterocycles. The Morgan fingerprint density at radius 3 is 2.57 bits per heavy atom. The van der Waals surface area contributed by atoms with Gasteiger partial charge in [-0.3, -0.25) is 4.79 Å². The molecule has 0 bridgehead atoms. The number of amides is 1. The van der Waals surface area contributed by atoms with Gasteiger partial charge in [-0.25, -0.2) is 32.0 Å². The van der Waals surface area contributed by atoms with E-state index in [0.29, 0.717) is 30.9 Å². The van der Waals surface area contributed by atoms with Crippen LogP contribution in [0.5, 0.6) is 0 Å². The van der Waals surface area contributed by atoms with Gasteiger partial charge in [-0.2, -0.15) is 4.98 Å². The zero-order valence-electron chi connectivity index (χ0n) is 18.9. The van der Waals surface area contributed by atoms with E-state index in [1.165, 1.54) is 27.0 Å². The van der Waals surface area contributed by atoms with Gasteiger partial charge in [0.15, 0.2) is 17.3 Å². The molecule has 1 atom stereocenters. The molecule has 0 spiro atoms. The van der Waals surface area contributed by atoms with Crippen LogP contribution >= 0.6 is 0 Å². The quantitative estimate of drug-likeness (QED) is 0.419. The Bertz CT molecular complexity index is 1400. The molecular weight excluding hydrogens is 470 g/mol. The maximum Gasteiger partial charge on any atom is 0.256 e. The van der Waals surface area contributed by atoms with Crippen LogP contribution in [-0.2, 0) is 11.3 Å². The number of rotatable bonds is 3. The molecule has 1 amide bonds. The number of imidazole rings is 1. The molecule has 1 aliphatic heterocycles. The zero-order chi connectivity index (χ0) is 25.4. The minimum Gasteiger partial charge on any atom is -0.382 e. The molecule has 0 aliphatic carbocycles. The summed E-state index contributed by atoms with van der Waals surface area (Å²) in [5.41, 5.74) is 12.5. The van der Waals surface area contributed by atoms with Crippen molar-refractivity contribution in [3.63, 3.8) is 0 Å². The molecule has 35 heavy (non-hydrogen) atoms. The minimum absolute atomic E-state index is 0.0180. The second-order valence-electron chi connectivity index (χ2n) is 8.05. The number of hydrogen-bond donors (Lipinski definition) is 2. The molecule has 5 rings (SSSR count). The molecule has 186 valence electrons. The monoisotopic (exact) mass is 493 g/mol. The van der Waals surface area contributed by atoms with Crippen LogP contribution in [0.1, 0.15) is 19.2 Å². The second-order valence-corrected chi connectivity index (χ2v) is 8.05. The molecule has 14 heteroatoms. The van der Waals surface area contributed by atoms with Crippen molar-refractivity contribution in [2.75, 3.05) is 24.6 Å². The Labute approximate surface area is 196 Å². The Morgan fingerprint density at radius 1 is 1.23 bits per heavy atom. The van der Waals surface area contributed by atoms with Crippen LogP contribution in [0, 0.1) is 12.7 Å². The number of carbonyl (C=O) groups excluding carboxylic acids is 1. The topological polar surface area (TPSA) is 133 Å². The Balaban J connectivity index is 0.000000271. The lowest BCUT2D eigenvalue weighted by Gasteiger charge is -2.10. The van der Waals surface area contributed by atoms with Crippen LogP contribution < -0.4 is 11.5 Å². The number of aryl methyl sites for hydroxylation is 1. The normalized spacial score (nSPS) is 15.7. The van der Waals surface area contributed by atoms with Gasteiger partial charge in [-0.1, -0.05) is 0 Å². The van der Waals surface area contributed by atoms with Crippen molar-refractivity contribution in [2.24, 2.45) is 0 Å². The number of carbonyl (C=O) groups is 1. The van der Waals surface area contributed by atoms with Crippen molar-refractivity contribution in [1.82, 2.24) is 34.0 Å². The fraction of sp³-hybridized carbons (Fsp3) is 0.381. The zero-order valence-corrected chi connectivity index (χ0v) is 18.9. The largest absolute Gasteiger partial charge is 0.382 e. The van der Waals surface area contributed by atoms with Gasteiger partial charge in [0.25, 0.3) is 6.43 Å². The average Bonchev–Trinajstić information content (AvgIpc) is 3.43. The van der Waals surface area contributed by atoms with E-state index in [-0.39, 0.29) is 40.1 Å². The fourth-order valence-corrected chi connectivity index (χ4v) is 3.96. The summed E-state index contributed by atoms with van der Waals surface area (Å²) in [7, 11) is 0. The molecule has 10 nitrogen and oxygen atoms in total. The van der Waals surface area contributed by atoms with Gasteiger partial charge in [-0.15, -0.1) is 5.10 Å². The number of nitrogens with two attached hydrogens (primary N) is 2. The van der Waals surface area contributed by atoms with E-state index in [1.807, 2.05) is 0 Å². The van der Waals surface area contributed by atoms with Crippen molar-refractivity contribution in [1.29, 1.82) is 0 Å². The Morgan fingerprint density at radius 2 is 1.97 bits per heavy atom. The highest BCUT2D eigenvalue weighted by Crippen LogP contribution is 2.31. The molecule has 4 N–H and O–H groups in total. The number of nitrogens with zero attached hydrogens (tertiary/aromatic N) is 7. The first-order valence-corrected chi connectivity index (χ1v) is 10.7. The molecule has 0 saturated carbocycles. The van der Waals surface area contributed by atoms with Crippen LogP contribution in [0.25, 0.3) is 27.9 Å². The van der Waals surface area contributed by atoms with E-state index in [1.54, 1.807) is 13.0 Å². The van der Waals surface area contributed by atoms with E-state index in [0.717, 1.165) is 6.20 Å². The lowest BCUT2D eigenvalue weighted by atomic mass is 10.1. The third-order valence-corrected chi connectivity index (χ3v) is 5.56. The number of halogens is 4. The molecule has 4 aromatic rings. The highest BCUT2D eigenvalue weighted by Gasteiger charge is 2.23. The highest BCUT2D eigenvalue weighted by molar-refractivity contribution is 5.89. The number of alkyl halides is 3. The van der Waals surface area contributed by atoms with Gasteiger partial charge in [-0.05, 0) is 25.5 Å². The predicted octanol–water partition coefficient (Wildman–Crippen LogP) is 2.59. The van der Waals surface area contributed by atoms with Crippen molar-refractivity contribution in [2.45, 2.75) is 39.4 Å². The van der Waals surface area contributed by atoms with Crippen molar-refractivity contribution in [3.05, 3.63) is 30.0 Å². The maximum absolute atomic E-state index is 14.6. The number of likely N-dealkylation sites (tertiary alicyclic amines) is 1. The fourth-order valence-electron chi connectivity index (χ4n) is 3.96. The van der Waals surface area contributed by atoms with Gasteiger partial charge in [0.05, 0.1) is 30.5 Å². The van der Waals surface area contributed by atoms with Crippen molar-refractivity contribution >= 4 is 34.4 Å². The number of nitrogen functional groups attached to an aromatic ring is 2. The minimum atomic E-state index is -2.57. The lowest BCUT2D eigenvalue weighted by Crippen LogP contribution is -2.25. The van der Waals surface area contributed by atoms with Crippen LogP contribution in [0.3, 0.4) is 0 Å². The van der Waals surface area contributed by atoms with Crippen molar-refractivity contribution < 1.29 is 22.4 Å². The van der Waals surface area contributed by atoms with Gasteiger partial charge in [0.2, 0.25) is 11.9 Å². The van der Waals surface area contributed by atoms with Gasteiger partial charge in [0.1, 0.15) is 23.0 Å².